The number of carbonyl (C=O) groups is 3. The molecule has 1 heterocycles. The Morgan fingerprint density at radius 3 is 2.59 bits per heavy atom. The highest BCUT2D eigenvalue weighted by molar-refractivity contribution is 7.80. The van der Waals surface area contributed by atoms with E-state index in [0.717, 1.165) is 25.7 Å². The minimum atomic E-state index is -0.667. The fourth-order valence-corrected chi connectivity index (χ4v) is 3.78. The van der Waals surface area contributed by atoms with Gasteiger partial charge in [0.25, 0.3) is 0 Å². The van der Waals surface area contributed by atoms with E-state index >= 15 is 0 Å². The molecule has 2 fully saturated rings. The molecule has 1 aliphatic heterocycles. The molecule has 1 saturated carbocycles. The maximum Gasteiger partial charge on any atom is 0.413 e. The molecule has 0 radical (unpaired) electrons. The number of hydrogen-bond acceptors (Lipinski definition) is 6. The van der Waals surface area contributed by atoms with Crippen LogP contribution in [0.2, 0.25) is 0 Å². The number of ketones is 1. The lowest BCUT2D eigenvalue weighted by Crippen LogP contribution is -2.55. The van der Waals surface area contributed by atoms with Crippen LogP contribution < -0.4 is 16.0 Å². The number of ether oxygens (including phenoxy) is 2. The number of thiocarbonyl (C=S) groups is 1. The molecule has 1 saturated heterocycles. The normalized spacial score (nSPS) is 24.1. The van der Waals surface area contributed by atoms with E-state index in [9.17, 15) is 14.4 Å². The minimum Gasteiger partial charge on any atom is -0.450 e. The van der Waals surface area contributed by atoms with Gasteiger partial charge in [-0.05, 0) is 38.4 Å². The zero-order valence-electron chi connectivity index (χ0n) is 15.9. The Morgan fingerprint density at radius 2 is 2.00 bits per heavy atom. The Morgan fingerprint density at radius 1 is 1.30 bits per heavy atom. The van der Waals surface area contributed by atoms with E-state index in [0.29, 0.717) is 12.3 Å². The van der Waals surface area contributed by atoms with Crippen LogP contribution in [-0.4, -0.2) is 54.3 Å². The predicted octanol–water partition coefficient (Wildman–Crippen LogP) is 1.42. The van der Waals surface area contributed by atoms with Gasteiger partial charge >= 0.3 is 6.09 Å². The molecule has 2 aliphatic rings. The van der Waals surface area contributed by atoms with Crippen molar-refractivity contribution >= 4 is 35.1 Å². The second-order valence-corrected chi connectivity index (χ2v) is 7.49. The molecular formula is C18H29N3O5S. The van der Waals surface area contributed by atoms with Crippen molar-refractivity contribution in [3.8, 4) is 0 Å². The molecule has 0 aromatic heterocycles. The number of carbonyl (C=O) groups excluding carboxylic acids is 3. The molecule has 27 heavy (non-hydrogen) atoms. The average Bonchev–Trinajstić information content (AvgIpc) is 2.94. The van der Waals surface area contributed by atoms with Crippen molar-refractivity contribution in [2.45, 2.75) is 70.6 Å². The average molecular weight is 400 g/mol. The molecule has 0 bridgehead atoms. The molecule has 2 rings (SSSR count). The SMILES string of the molecule is CCOC(=O)NC(=S)NC(CC1CCCCC1)C(=O)NC1C(=O)COC1C. The number of Topliss-reactive ketones (excluding diaryl/α,β-unsaturated/α-hetero) is 1. The van der Waals surface area contributed by atoms with Gasteiger partial charge in [-0.25, -0.2) is 4.79 Å². The zero-order valence-corrected chi connectivity index (χ0v) is 16.7. The Kier molecular flexibility index (Phi) is 8.43. The van der Waals surface area contributed by atoms with Crippen LogP contribution in [0.5, 0.6) is 0 Å². The van der Waals surface area contributed by atoms with E-state index in [1.165, 1.54) is 6.42 Å². The van der Waals surface area contributed by atoms with Gasteiger partial charge in [-0.2, -0.15) is 0 Å². The molecule has 8 nitrogen and oxygen atoms in total. The molecule has 152 valence electrons. The number of rotatable bonds is 6. The second kappa shape index (κ2) is 10.6. The largest absolute Gasteiger partial charge is 0.450 e. The molecule has 3 atom stereocenters. The van der Waals surface area contributed by atoms with Crippen LogP contribution in [0, 0.1) is 5.92 Å². The highest BCUT2D eigenvalue weighted by atomic mass is 32.1. The summed E-state index contributed by atoms with van der Waals surface area (Å²) in [4.78, 5) is 36.3. The van der Waals surface area contributed by atoms with E-state index in [1.807, 2.05) is 0 Å². The van der Waals surface area contributed by atoms with Crippen LogP contribution in [0.1, 0.15) is 52.4 Å². The van der Waals surface area contributed by atoms with E-state index in [4.69, 9.17) is 21.7 Å². The van der Waals surface area contributed by atoms with E-state index < -0.39 is 18.2 Å². The summed E-state index contributed by atoms with van der Waals surface area (Å²) in [6, 6.07) is -1.29. The Balaban J connectivity index is 1.99. The van der Waals surface area contributed by atoms with E-state index in [2.05, 4.69) is 16.0 Å². The zero-order chi connectivity index (χ0) is 19.8. The Labute approximate surface area is 165 Å². The van der Waals surface area contributed by atoms with Gasteiger partial charge in [-0.1, -0.05) is 32.1 Å². The number of nitrogens with one attached hydrogen (secondary N) is 3. The number of hydrogen-bond donors (Lipinski definition) is 3. The van der Waals surface area contributed by atoms with Gasteiger partial charge in [0.1, 0.15) is 18.7 Å². The minimum absolute atomic E-state index is 0.00958. The third-order valence-corrected chi connectivity index (χ3v) is 5.23. The first kappa shape index (κ1) is 21.6. The second-order valence-electron chi connectivity index (χ2n) is 7.08. The van der Waals surface area contributed by atoms with Crippen molar-refractivity contribution in [1.82, 2.24) is 16.0 Å². The van der Waals surface area contributed by atoms with Crippen LogP contribution in [0.4, 0.5) is 4.79 Å². The molecule has 1 aliphatic carbocycles. The molecule has 3 N–H and O–H groups in total. The fourth-order valence-electron chi connectivity index (χ4n) is 3.55. The van der Waals surface area contributed by atoms with Crippen LogP contribution in [0.3, 0.4) is 0 Å². The lowest BCUT2D eigenvalue weighted by atomic mass is 9.84. The monoisotopic (exact) mass is 399 g/mol. The summed E-state index contributed by atoms with van der Waals surface area (Å²) >= 11 is 5.14. The quantitative estimate of drug-likeness (QED) is 0.580. The molecular weight excluding hydrogens is 370 g/mol. The van der Waals surface area contributed by atoms with Crippen molar-refractivity contribution < 1.29 is 23.9 Å². The van der Waals surface area contributed by atoms with Gasteiger partial charge in [-0.15, -0.1) is 0 Å². The maximum absolute atomic E-state index is 12.8. The molecule has 0 spiro atoms. The van der Waals surface area contributed by atoms with Crippen LogP contribution in [0.15, 0.2) is 0 Å². The molecule has 3 unspecified atom stereocenters. The van der Waals surface area contributed by atoms with Gasteiger partial charge in [0.05, 0.1) is 12.7 Å². The van der Waals surface area contributed by atoms with E-state index in [-0.39, 0.29) is 36.1 Å². The first-order chi connectivity index (χ1) is 12.9. The topological polar surface area (TPSA) is 106 Å². The van der Waals surface area contributed by atoms with Gasteiger partial charge in [-0.3, -0.25) is 14.9 Å². The Hall–Kier alpha value is -1.74. The highest BCUT2D eigenvalue weighted by Gasteiger charge is 2.36. The van der Waals surface area contributed by atoms with Gasteiger partial charge in [0, 0.05) is 0 Å². The van der Waals surface area contributed by atoms with E-state index in [1.54, 1.807) is 13.8 Å². The van der Waals surface area contributed by atoms with Crippen LogP contribution in [0.25, 0.3) is 0 Å². The molecule has 2 amide bonds. The standard InChI is InChI=1S/C18H29N3O5S/c1-3-25-18(24)21-17(27)19-13(9-12-7-5-4-6-8-12)16(23)20-15-11(2)26-10-14(15)22/h11-13,15H,3-10H2,1-2H3,(H,20,23)(H2,19,21,24,27). The maximum atomic E-state index is 12.8. The highest BCUT2D eigenvalue weighted by Crippen LogP contribution is 2.27. The predicted molar refractivity (Wildman–Crippen MR) is 103 cm³/mol. The summed E-state index contributed by atoms with van der Waals surface area (Å²) in [5, 5.41) is 8.12. The molecule has 0 aromatic rings. The summed E-state index contributed by atoms with van der Waals surface area (Å²) in [7, 11) is 0. The van der Waals surface area contributed by atoms with Gasteiger partial charge in [0.2, 0.25) is 5.91 Å². The third kappa shape index (κ3) is 6.73. The lowest BCUT2D eigenvalue weighted by molar-refractivity contribution is -0.127. The van der Waals surface area contributed by atoms with Crippen molar-refractivity contribution in [3.05, 3.63) is 0 Å². The summed E-state index contributed by atoms with van der Waals surface area (Å²) in [6.45, 7) is 3.68. The number of alkyl carbamates (subject to hydrolysis) is 1. The summed E-state index contributed by atoms with van der Waals surface area (Å²) in [6.07, 6.45) is 5.20. The smallest absolute Gasteiger partial charge is 0.413 e. The van der Waals surface area contributed by atoms with Crippen molar-refractivity contribution in [3.63, 3.8) is 0 Å². The van der Waals surface area contributed by atoms with Gasteiger partial charge in [0.15, 0.2) is 10.9 Å². The fraction of sp³-hybridized carbons (Fsp3) is 0.778. The first-order valence-corrected chi connectivity index (χ1v) is 10.0. The van der Waals surface area contributed by atoms with Crippen molar-refractivity contribution in [1.29, 1.82) is 0 Å². The van der Waals surface area contributed by atoms with Crippen LogP contribution >= 0.6 is 12.2 Å². The third-order valence-electron chi connectivity index (χ3n) is 5.01. The lowest BCUT2D eigenvalue weighted by Gasteiger charge is -2.28. The van der Waals surface area contributed by atoms with Crippen molar-refractivity contribution in [2.75, 3.05) is 13.2 Å². The molecule has 0 aromatic carbocycles. The number of amides is 2. The summed E-state index contributed by atoms with van der Waals surface area (Å²) in [5.74, 6) is -0.0517. The Bertz CT molecular complexity index is 565. The molecule has 9 heteroatoms. The van der Waals surface area contributed by atoms with Crippen LogP contribution in [-0.2, 0) is 19.1 Å². The summed E-state index contributed by atoms with van der Waals surface area (Å²) in [5.41, 5.74) is 0. The first-order valence-electron chi connectivity index (χ1n) is 9.59. The van der Waals surface area contributed by atoms with Crippen molar-refractivity contribution in [2.24, 2.45) is 5.92 Å². The summed E-state index contributed by atoms with van der Waals surface area (Å²) < 4.78 is 10.1. The van der Waals surface area contributed by atoms with Gasteiger partial charge < -0.3 is 20.1 Å².